The smallest absolute Gasteiger partial charge is 0.410 e. The summed E-state index contributed by atoms with van der Waals surface area (Å²) in [4.78, 5) is 16.5. The summed E-state index contributed by atoms with van der Waals surface area (Å²) in [5, 5.41) is 0. The molecule has 0 saturated carbocycles. The predicted octanol–water partition coefficient (Wildman–Crippen LogP) is 4.23. The Balaban J connectivity index is 0.00000127. The van der Waals surface area contributed by atoms with Crippen molar-refractivity contribution in [2.75, 3.05) is 26.2 Å². The molecule has 1 saturated heterocycles. The topological polar surface area (TPSA) is 32.8 Å². The Kier molecular flexibility index (Phi) is 7.83. The van der Waals surface area contributed by atoms with Gasteiger partial charge >= 0.3 is 6.09 Å². The fourth-order valence-electron chi connectivity index (χ4n) is 2.81. The second-order valence-electron chi connectivity index (χ2n) is 7.02. The van der Waals surface area contributed by atoms with E-state index in [1.807, 2.05) is 39.5 Å². The Hall–Kier alpha value is -1.29. The molecule has 1 aliphatic carbocycles. The lowest BCUT2D eigenvalue weighted by atomic mass is 10.1. The van der Waals surface area contributed by atoms with E-state index >= 15 is 0 Å². The summed E-state index contributed by atoms with van der Waals surface area (Å²) in [5.74, 6) is 0. The standard InChI is InChI=1S/C17H28N2O2.C2H6/c1-14-12-18(13-15-8-6-5-7-9-15)10-11-19(14)16(20)21-17(2,3)4;1-2/h6,8-9,14H,5,7,10-13H2,1-4H3;1-2H3. The van der Waals surface area contributed by atoms with Crippen LogP contribution in [0.5, 0.6) is 0 Å². The Morgan fingerprint density at radius 3 is 2.48 bits per heavy atom. The van der Waals surface area contributed by atoms with Gasteiger partial charge in [0.2, 0.25) is 0 Å². The molecular formula is C19H34N2O2. The van der Waals surface area contributed by atoms with E-state index in [1.54, 1.807) is 0 Å². The van der Waals surface area contributed by atoms with Crippen LogP contribution in [0.25, 0.3) is 0 Å². The van der Waals surface area contributed by atoms with E-state index in [-0.39, 0.29) is 12.1 Å². The molecule has 1 atom stereocenters. The number of rotatable bonds is 2. The molecule has 1 aliphatic heterocycles. The molecule has 1 amide bonds. The molecular weight excluding hydrogens is 288 g/mol. The van der Waals surface area contributed by atoms with Crippen molar-refractivity contribution >= 4 is 6.09 Å². The molecule has 0 spiro atoms. The minimum atomic E-state index is -0.425. The first-order valence-electron chi connectivity index (χ1n) is 8.93. The maximum Gasteiger partial charge on any atom is 0.410 e. The van der Waals surface area contributed by atoms with Crippen LogP contribution in [0.4, 0.5) is 4.79 Å². The molecule has 4 heteroatoms. The third kappa shape index (κ3) is 6.78. The highest BCUT2D eigenvalue weighted by Gasteiger charge is 2.30. The molecule has 1 unspecified atom stereocenters. The summed E-state index contributed by atoms with van der Waals surface area (Å²) in [7, 11) is 0. The highest BCUT2D eigenvalue weighted by atomic mass is 16.6. The number of amides is 1. The van der Waals surface area contributed by atoms with Crippen molar-refractivity contribution in [2.45, 2.75) is 66.0 Å². The van der Waals surface area contributed by atoms with Crippen LogP contribution in [0.1, 0.15) is 54.4 Å². The normalized spacial score (nSPS) is 22.1. The summed E-state index contributed by atoms with van der Waals surface area (Å²) < 4.78 is 5.48. The molecule has 0 bridgehead atoms. The molecule has 4 nitrogen and oxygen atoms in total. The van der Waals surface area contributed by atoms with Crippen LogP contribution in [0.3, 0.4) is 0 Å². The monoisotopic (exact) mass is 322 g/mol. The molecule has 0 radical (unpaired) electrons. The molecule has 1 fully saturated rings. The van der Waals surface area contributed by atoms with Gasteiger partial charge < -0.3 is 9.64 Å². The fraction of sp³-hybridized carbons (Fsp3) is 0.737. The van der Waals surface area contributed by atoms with Crippen molar-refractivity contribution in [3.63, 3.8) is 0 Å². The summed E-state index contributed by atoms with van der Waals surface area (Å²) >= 11 is 0. The van der Waals surface area contributed by atoms with E-state index in [1.165, 1.54) is 5.57 Å². The van der Waals surface area contributed by atoms with Crippen LogP contribution in [0.15, 0.2) is 23.8 Å². The van der Waals surface area contributed by atoms with E-state index in [0.717, 1.165) is 39.0 Å². The third-order valence-electron chi connectivity index (χ3n) is 3.82. The minimum Gasteiger partial charge on any atom is -0.444 e. The maximum absolute atomic E-state index is 12.2. The Morgan fingerprint density at radius 1 is 1.26 bits per heavy atom. The van der Waals surface area contributed by atoms with E-state index in [4.69, 9.17) is 4.74 Å². The van der Waals surface area contributed by atoms with Gasteiger partial charge in [0, 0.05) is 32.2 Å². The molecule has 0 aromatic rings. The van der Waals surface area contributed by atoms with E-state index < -0.39 is 5.60 Å². The van der Waals surface area contributed by atoms with Crippen LogP contribution in [-0.4, -0.2) is 53.7 Å². The lowest BCUT2D eigenvalue weighted by Gasteiger charge is -2.40. The number of carbonyl (C=O) groups is 1. The zero-order valence-corrected chi connectivity index (χ0v) is 15.8. The van der Waals surface area contributed by atoms with Crippen LogP contribution in [0, 0.1) is 0 Å². The SMILES string of the molecule is CC.CC1CN(CC2=CCCC=C2)CCN1C(=O)OC(C)(C)C. The van der Waals surface area contributed by atoms with E-state index in [9.17, 15) is 4.79 Å². The Labute approximate surface area is 142 Å². The molecule has 1 heterocycles. The van der Waals surface area contributed by atoms with E-state index in [0.29, 0.717) is 0 Å². The van der Waals surface area contributed by atoms with Gasteiger partial charge in [-0.05, 0) is 46.1 Å². The number of hydrogen-bond donors (Lipinski definition) is 0. The van der Waals surface area contributed by atoms with Gasteiger partial charge in [-0.25, -0.2) is 4.79 Å². The summed E-state index contributed by atoms with van der Waals surface area (Å²) in [5.41, 5.74) is 0.977. The zero-order valence-electron chi connectivity index (χ0n) is 15.8. The average molecular weight is 322 g/mol. The quantitative estimate of drug-likeness (QED) is 0.762. The van der Waals surface area contributed by atoms with Crippen LogP contribution >= 0.6 is 0 Å². The number of carbonyl (C=O) groups excluding carboxylic acids is 1. The highest BCUT2D eigenvalue weighted by molar-refractivity contribution is 5.68. The van der Waals surface area contributed by atoms with Crippen LogP contribution < -0.4 is 0 Å². The van der Waals surface area contributed by atoms with Crippen molar-refractivity contribution in [3.05, 3.63) is 23.8 Å². The number of piperazine rings is 1. The third-order valence-corrected chi connectivity index (χ3v) is 3.82. The summed E-state index contributed by atoms with van der Waals surface area (Å²) in [6.45, 7) is 15.4. The molecule has 0 aromatic carbocycles. The molecule has 132 valence electrons. The number of hydrogen-bond acceptors (Lipinski definition) is 3. The molecule has 2 aliphatic rings. The predicted molar refractivity (Wildman–Crippen MR) is 96.6 cm³/mol. The molecule has 0 N–H and O–H groups in total. The number of ether oxygens (including phenoxy) is 1. The molecule has 0 aromatic heterocycles. The molecule has 23 heavy (non-hydrogen) atoms. The van der Waals surface area contributed by atoms with Crippen LogP contribution in [-0.2, 0) is 4.74 Å². The lowest BCUT2D eigenvalue weighted by Crippen LogP contribution is -2.55. The van der Waals surface area contributed by atoms with Crippen molar-refractivity contribution in [1.29, 1.82) is 0 Å². The Morgan fingerprint density at radius 2 is 1.96 bits per heavy atom. The first-order valence-corrected chi connectivity index (χ1v) is 8.93. The van der Waals surface area contributed by atoms with Crippen molar-refractivity contribution in [1.82, 2.24) is 9.80 Å². The highest BCUT2D eigenvalue weighted by Crippen LogP contribution is 2.18. The van der Waals surface area contributed by atoms with Gasteiger partial charge in [0.05, 0.1) is 0 Å². The summed E-state index contributed by atoms with van der Waals surface area (Å²) in [6, 6.07) is 0.196. The van der Waals surface area contributed by atoms with Crippen molar-refractivity contribution in [3.8, 4) is 0 Å². The average Bonchev–Trinajstić information content (AvgIpc) is 2.48. The van der Waals surface area contributed by atoms with E-state index in [2.05, 4.69) is 30.1 Å². The lowest BCUT2D eigenvalue weighted by molar-refractivity contribution is 0.00259. The van der Waals surface area contributed by atoms with Gasteiger partial charge in [0.15, 0.2) is 0 Å². The van der Waals surface area contributed by atoms with Crippen molar-refractivity contribution in [2.24, 2.45) is 0 Å². The van der Waals surface area contributed by atoms with Crippen LogP contribution in [0.2, 0.25) is 0 Å². The van der Waals surface area contributed by atoms with Crippen molar-refractivity contribution < 1.29 is 9.53 Å². The van der Waals surface area contributed by atoms with Gasteiger partial charge in [0.1, 0.15) is 5.60 Å². The first-order chi connectivity index (χ1) is 10.8. The number of nitrogens with zero attached hydrogens (tertiary/aromatic N) is 2. The number of allylic oxidation sites excluding steroid dienone is 2. The Bertz CT molecular complexity index is 435. The fourth-order valence-corrected chi connectivity index (χ4v) is 2.81. The van der Waals surface area contributed by atoms with Gasteiger partial charge in [-0.3, -0.25) is 4.90 Å². The largest absolute Gasteiger partial charge is 0.444 e. The molecule has 2 rings (SSSR count). The zero-order chi connectivity index (χ0) is 17.5. The second-order valence-corrected chi connectivity index (χ2v) is 7.02. The first kappa shape index (κ1) is 19.8. The minimum absolute atomic E-state index is 0.188. The van der Waals surface area contributed by atoms with Gasteiger partial charge in [0.25, 0.3) is 0 Å². The maximum atomic E-state index is 12.2. The second kappa shape index (κ2) is 9.11. The van der Waals surface area contributed by atoms with Gasteiger partial charge in [-0.15, -0.1) is 0 Å². The summed E-state index contributed by atoms with van der Waals surface area (Å²) in [6.07, 6.45) is 8.92. The van der Waals surface area contributed by atoms with Gasteiger partial charge in [-0.2, -0.15) is 0 Å². The van der Waals surface area contributed by atoms with Gasteiger partial charge in [-0.1, -0.05) is 32.1 Å².